The molecular weight excluding hydrogens is 313 g/mol. The highest BCUT2D eigenvalue weighted by molar-refractivity contribution is 9.10. The zero-order valence-corrected chi connectivity index (χ0v) is 11.7. The number of rotatable bonds is 3. The fourth-order valence-corrected chi connectivity index (χ4v) is 1.84. The van der Waals surface area contributed by atoms with Gasteiger partial charge < -0.3 is 10.5 Å². The van der Waals surface area contributed by atoms with Gasteiger partial charge in [0.05, 0.1) is 10.0 Å². The number of nitrogens with two attached hydrogens (primary N) is 1. The molecule has 98 valence electrons. The first-order valence-corrected chi connectivity index (χ1v) is 6.21. The molecule has 1 aromatic heterocycles. The molecule has 0 radical (unpaired) electrons. The number of amidine groups is 1. The van der Waals surface area contributed by atoms with E-state index in [2.05, 4.69) is 20.9 Å². The maximum Gasteiger partial charge on any atom is 0.230 e. The standard InChI is InChI=1S/C13H11BrFN3O/c1-7-4-5-18-13(11(7)12(16)17)19-8-2-3-9(14)10(15)6-8/h2-6H,1H3,(H3,16,17). The average Bonchev–Trinajstić information content (AvgIpc) is 2.33. The second-order valence-electron chi connectivity index (χ2n) is 3.90. The molecule has 2 aromatic rings. The molecule has 0 aliphatic rings. The molecule has 1 aromatic carbocycles. The normalized spacial score (nSPS) is 10.3. The molecule has 3 N–H and O–H groups in total. The van der Waals surface area contributed by atoms with Crippen molar-refractivity contribution in [2.45, 2.75) is 6.92 Å². The molecule has 0 fully saturated rings. The van der Waals surface area contributed by atoms with Gasteiger partial charge in [-0.15, -0.1) is 0 Å². The summed E-state index contributed by atoms with van der Waals surface area (Å²) < 4.78 is 19.3. The Kier molecular flexibility index (Phi) is 3.80. The summed E-state index contributed by atoms with van der Waals surface area (Å²) >= 11 is 3.06. The van der Waals surface area contributed by atoms with Gasteiger partial charge in [-0.2, -0.15) is 0 Å². The summed E-state index contributed by atoms with van der Waals surface area (Å²) in [5.41, 5.74) is 6.69. The Bertz CT molecular complexity index is 646. The summed E-state index contributed by atoms with van der Waals surface area (Å²) in [6.45, 7) is 1.80. The van der Waals surface area contributed by atoms with Crippen molar-refractivity contribution in [1.29, 1.82) is 5.41 Å². The van der Waals surface area contributed by atoms with Gasteiger partial charge in [-0.05, 0) is 46.6 Å². The minimum Gasteiger partial charge on any atom is -0.438 e. The van der Waals surface area contributed by atoms with Crippen molar-refractivity contribution < 1.29 is 9.13 Å². The minimum atomic E-state index is -0.436. The molecule has 0 spiro atoms. The molecule has 19 heavy (non-hydrogen) atoms. The number of aryl methyl sites for hydroxylation is 1. The Labute approximate surface area is 118 Å². The lowest BCUT2D eigenvalue weighted by Crippen LogP contribution is -2.14. The Balaban J connectivity index is 2.40. The molecule has 0 amide bonds. The summed E-state index contributed by atoms with van der Waals surface area (Å²) in [6.07, 6.45) is 1.55. The fourth-order valence-electron chi connectivity index (χ4n) is 1.59. The molecule has 4 nitrogen and oxygen atoms in total. The van der Waals surface area contributed by atoms with Gasteiger partial charge in [0.2, 0.25) is 5.88 Å². The van der Waals surface area contributed by atoms with Crippen molar-refractivity contribution in [3.8, 4) is 11.6 Å². The maximum atomic E-state index is 13.4. The van der Waals surface area contributed by atoms with Crippen LogP contribution in [0, 0.1) is 18.2 Å². The highest BCUT2D eigenvalue weighted by atomic mass is 79.9. The van der Waals surface area contributed by atoms with E-state index in [1.807, 2.05) is 0 Å². The van der Waals surface area contributed by atoms with Crippen LogP contribution in [-0.2, 0) is 0 Å². The van der Waals surface area contributed by atoms with Gasteiger partial charge in [0, 0.05) is 12.3 Å². The van der Waals surface area contributed by atoms with Gasteiger partial charge in [-0.3, -0.25) is 5.41 Å². The van der Waals surface area contributed by atoms with Crippen molar-refractivity contribution in [2.75, 3.05) is 0 Å². The van der Waals surface area contributed by atoms with E-state index in [1.165, 1.54) is 12.1 Å². The molecule has 0 aliphatic carbocycles. The van der Waals surface area contributed by atoms with Crippen LogP contribution in [0.2, 0.25) is 0 Å². The van der Waals surface area contributed by atoms with Crippen LogP contribution in [-0.4, -0.2) is 10.8 Å². The number of hydrogen-bond acceptors (Lipinski definition) is 3. The minimum absolute atomic E-state index is 0.141. The van der Waals surface area contributed by atoms with E-state index in [0.717, 1.165) is 5.56 Å². The van der Waals surface area contributed by atoms with Crippen LogP contribution in [0.3, 0.4) is 0 Å². The van der Waals surface area contributed by atoms with Gasteiger partial charge in [0.15, 0.2) is 0 Å². The number of halogens is 2. The van der Waals surface area contributed by atoms with E-state index in [1.54, 1.807) is 25.3 Å². The van der Waals surface area contributed by atoms with Crippen molar-refractivity contribution in [3.63, 3.8) is 0 Å². The summed E-state index contributed by atoms with van der Waals surface area (Å²) in [7, 11) is 0. The van der Waals surface area contributed by atoms with E-state index in [-0.39, 0.29) is 11.7 Å². The van der Waals surface area contributed by atoms with Gasteiger partial charge in [-0.25, -0.2) is 9.37 Å². The van der Waals surface area contributed by atoms with Crippen LogP contribution in [0.15, 0.2) is 34.9 Å². The van der Waals surface area contributed by atoms with Crippen molar-refractivity contribution in [2.24, 2.45) is 5.73 Å². The third-order valence-corrected chi connectivity index (χ3v) is 3.14. The molecule has 0 saturated carbocycles. The molecule has 1 heterocycles. The van der Waals surface area contributed by atoms with Crippen molar-refractivity contribution in [1.82, 2.24) is 4.98 Å². The smallest absolute Gasteiger partial charge is 0.230 e. The molecular formula is C13H11BrFN3O. The molecule has 0 atom stereocenters. The molecule has 0 saturated heterocycles. The molecule has 2 rings (SSSR count). The Hall–Kier alpha value is -1.95. The number of benzene rings is 1. The summed E-state index contributed by atoms with van der Waals surface area (Å²) in [5, 5.41) is 7.54. The lowest BCUT2D eigenvalue weighted by atomic mass is 10.1. The second kappa shape index (κ2) is 5.36. The molecule has 6 heteroatoms. The first-order valence-electron chi connectivity index (χ1n) is 5.42. The van der Waals surface area contributed by atoms with Gasteiger partial charge in [-0.1, -0.05) is 0 Å². The molecule has 0 aliphatic heterocycles. The van der Waals surface area contributed by atoms with Crippen LogP contribution < -0.4 is 10.5 Å². The second-order valence-corrected chi connectivity index (χ2v) is 4.75. The Morgan fingerprint density at radius 2 is 2.16 bits per heavy atom. The van der Waals surface area contributed by atoms with Crippen LogP contribution >= 0.6 is 15.9 Å². The SMILES string of the molecule is Cc1ccnc(Oc2ccc(Br)c(F)c2)c1C(=N)N. The van der Waals surface area contributed by atoms with Crippen LogP contribution in [0.1, 0.15) is 11.1 Å². The quantitative estimate of drug-likeness (QED) is 0.672. The van der Waals surface area contributed by atoms with E-state index in [0.29, 0.717) is 15.8 Å². The largest absolute Gasteiger partial charge is 0.438 e. The van der Waals surface area contributed by atoms with E-state index in [4.69, 9.17) is 15.9 Å². The Morgan fingerprint density at radius 3 is 2.79 bits per heavy atom. The lowest BCUT2D eigenvalue weighted by molar-refractivity contribution is 0.456. The van der Waals surface area contributed by atoms with Crippen LogP contribution in [0.4, 0.5) is 4.39 Å². The monoisotopic (exact) mass is 323 g/mol. The number of nitrogens with one attached hydrogen (secondary N) is 1. The zero-order chi connectivity index (χ0) is 14.0. The number of nitrogens with zero attached hydrogens (tertiary/aromatic N) is 1. The summed E-state index contributed by atoms with van der Waals surface area (Å²) in [6, 6.07) is 6.10. The predicted molar refractivity (Wildman–Crippen MR) is 74.2 cm³/mol. The molecule has 0 unspecified atom stereocenters. The number of pyridine rings is 1. The van der Waals surface area contributed by atoms with Crippen LogP contribution in [0.5, 0.6) is 11.6 Å². The third kappa shape index (κ3) is 2.90. The van der Waals surface area contributed by atoms with E-state index in [9.17, 15) is 4.39 Å². The summed E-state index contributed by atoms with van der Waals surface area (Å²) in [4.78, 5) is 4.03. The average molecular weight is 324 g/mol. The highest BCUT2D eigenvalue weighted by Gasteiger charge is 2.13. The first kappa shape index (κ1) is 13.5. The summed E-state index contributed by atoms with van der Waals surface area (Å²) in [5.74, 6) is -0.0942. The topological polar surface area (TPSA) is 72.0 Å². The van der Waals surface area contributed by atoms with Crippen molar-refractivity contribution >= 4 is 21.8 Å². The predicted octanol–water partition coefficient (Wildman–Crippen LogP) is 3.37. The number of hydrogen-bond donors (Lipinski definition) is 2. The third-order valence-electron chi connectivity index (χ3n) is 2.50. The van der Waals surface area contributed by atoms with Gasteiger partial charge >= 0.3 is 0 Å². The number of ether oxygens (including phenoxy) is 1. The first-order chi connectivity index (χ1) is 8.99. The van der Waals surface area contributed by atoms with E-state index < -0.39 is 5.82 Å². The van der Waals surface area contributed by atoms with E-state index >= 15 is 0 Å². The highest BCUT2D eigenvalue weighted by Crippen LogP contribution is 2.27. The Morgan fingerprint density at radius 1 is 1.42 bits per heavy atom. The number of nitrogen functional groups attached to an aromatic ring is 1. The van der Waals surface area contributed by atoms with Crippen molar-refractivity contribution in [3.05, 3.63) is 51.9 Å². The zero-order valence-electron chi connectivity index (χ0n) is 10.1. The fraction of sp³-hybridized carbons (Fsp3) is 0.0769. The number of aromatic nitrogens is 1. The van der Waals surface area contributed by atoms with Gasteiger partial charge in [0.1, 0.15) is 17.4 Å². The van der Waals surface area contributed by atoms with Gasteiger partial charge in [0.25, 0.3) is 0 Å². The maximum absolute atomic E-state index is 13.4. The lowest BCUT2D eigenvalue weighted by Gasteiger charge is -2.11. The van der Waals surface area contributed by atoms with Crippen LogP contribution in [0.25, 0.3) is 0 Å². The molecule has 0 bridgehead atoms.